The van der Waals surface area contributed by atoms with Gasteiger partial charge >= 0.3 is 6.18 Å². The molecule has 1 aromatic heterocycles. The van der Waals surface area contributed by atoms with Crippen molar-refractivity contribution in [2.75, 3.05) is 5.32 Å². The van der Waals surface area contributed by atoms with Crippen LogP contribution in [-0.2, 0) is 17.1 Å². The molecular weight excluding hydrogens is 452 g/mol. The highest BCUT2D eigenvalue weighted by atomic mass is 35.5. The maximum Gasteiger partial charge on any atom is 0.407 e. The Morgan fingerprint density at radius 3 is 2.40 bits per heavy atom. The van der Waals surface area contributed by atoms with E-state index >= 15 is 0 Å². The second kappa shape index (κ2) is 7.90. The number of rotatable bonds is 5. The molecule has 2 rings (SSSR count). The molecule has 0 aliphatic carbocycles. The van der Waals surface area contributed by atoms with Crippen molar-refractivity contribution in [2.24, 2.45) is 7.05 Å². The molecule has 0 bridgehead atoms. The average Bonchev–Trinajstić information content (AvgIpc) is 2.90. The van der Waals surface area contributed by atoms with Crippen LogP contribution < -0.4 is 10.0 Å². The van der Waals surface area contributed by atoms with Crippen LogP contribution in [0.15, 0.2) is 29.3 Å². The molecule has 13 heteroatoms. The molecule has 30 heavy (non-hydrogen) atoms. The SMILES string of the molecule is Cn1cc(S(=O)(=O)NC(C)(C)C(F)(F)F)c(Cl)c1C(=O)Nc1ccc(F)c(C#N)c1. The second-order valence-electron chi connectivity index (χ2n) is 6.76. The van der Waals surface area contributed by atoms with Crippen LogP contribution in [0, 0.1) is 17.1 Å². The predicted molar refractivity (Wildman–Crippen MR) is 99.9 cm³/mol. The zero-order valence-electron chi connectivity index (χ0n) is 15.7. The van der Waals surface area contributed by atoms with E-state index in [9.17, 15) is 30.8 Å². The molecule has 0 radical (unpaired) electrons. The lowest BCUT2D eigenvalue weighted by Gasteiger charge is -2.28. The van der Waals surface area contributed by atoms with Gasteiger partial charge in [0.2, 0.25) is 10.0 Å². The molecule has 7 nitrogen and oxygen atoms in total. The zero-order valence-corrected chi connectivity index (χ0v) is 17.3. The molecule has 0 fully saturated rings. The van der Waals surface area contributed by atoms with Crippen LogP contribution in [0.1, 0.15) is 29.9 Å². The van der Waals surface area contributed by atoms with Crippen LogP contribution in [0.4, 0.5) is 23.2 Å². The molecule has 1 heterocycles. The van der Waals surface area contributed by atoms with Crippen molar-refractivity contribution in [3.63, 3.8) is 0 Å². The minimum absolute atomic E-state index is 0.0240. The Kier molecular flexibility index (Phi) is 6.23. The molecule has 0 spiro atoms. The molecule has 1 aromatic carbocycles. The van der Waals surface area contributed by atoms with Crippen molar-refractivity contribution in [2.45, 2.75) is 30.5 Å². The van der Waals surface area contributed by atoms with Gasteiger partial charge in [-0.2, -0.15) is 23.2 Å². The summed E-state index contributed by atoms with van der Waals surface area (Å²) < 4.78 is 80.0. The molecule has 2 aromatic rings. The lowest BCUT2D eigenvalue weighted by atomic mass is 10.1. The summed E-state index contributed by atoms with van der Waals surface area (Å²) in [5.41, 5.74) is -3.48. The molecule has 0 aliphatic rings. The van der Waals surface area contributed by atoms with Crippen LogP contribution in [0.2, 0.25) is 5.02 Å². The van der Waals surface area contributed by atoms with Gasteiger partial charge < -0.3 is 9.88 Å². The molecule has 162 valence electrons. The van der Waals surface area contributed by atoms with Crippen LogP contribution >= 0.6 is 11.6 Å². The van der Waals surface area contributed by atoms with Crippen molar-refractivity contribution < 1.29 is 30.8 Å². The highest BCUT2D eigenvalue weighted by Gasteiger charge is 2.50. The molecule has 1 amide bonds. The molecule has 0 atom stereocenters. The fourth-order valence-electron chi connectivity index (χ4n) is 2.34. The largest absolute Gasteiger partial charge is 0.407 e. The minimum Gasteiger partial charge on any atom is -0.344 e. The van der Waals surface area contributed by atoms with Gasteiger partial charge in [-0.1, -0.05) is 11.6 Å². The number of alkyl halides is 3. The first-order chi connectivity index (χ1) is 13.6. The summed E-state index contributed by atoms with van der Waals surface area (Å²) >= 11 is 6.01. The predicted octanol–water partition coefficient (Wildman–Crippen LogP) is 3.56. The van der Waals surface area contributed by atoms with Crippen molar-refractivity contribution in [1.82, 2.24) is 9.29 Å². The Labute approximate surface area is 174 Å². The number of hydrogen-bond acceptors (Lipinski definition) is 4. The average molecular weight is 467 g/mol. The van der Waals surface area contributed by atoms with Gasteiger partial charge in [0.15, 0.2) is 0 Å². The monoisotopic (exact) mass is 466 g/mol. The van der Waals surface area contributed by atoms with E-state index in [0.717, 1.165) is 29.0 Å². The number of amides is 1. The van der Waals surface area contributed by atoms with Gasteiger partial charge in [-0.25, -0.2) is 12.8 Å². The maximum atomic E-state index is 13.4. The van der Waals surface area contributed by atoms with E-state index in [0.29, 0.717) is 13.8 Å². The van der Waals surface area contributed by atoms with Crippen LogP contribution in [-0.4, -0.2) is 30.6 Å². The van der Waals surface area contributed by atoms with E-state index in [1.165, 1.54) is 11.8 Å². The smallest absolute Gasteiger partial charge is 0.344 e. The number of benzene rings is 1. The third-order valence-corrected chi connectivity index (χ3v) is 6.20. The summed E-state index contributed by atoms with van der Waals surface area (Å²) in [7, 11) is -3.49. The van der Waals surface area contributed by atoms with E-state index in [-0.39, 0.29) is 16.9 Å². The number of carbonyl (C=O) groups is 1. The summed E-state index contributed by atoms with van der Waals surface area (Å²) in [6.07, 6.45) is -4.00. The summed E-state index contributed by atoms with van der Waals surface area (Å²) in [4.78, 5) is 11.8. The first kappa shape index (κ1) is 23.7. The van der Waals surface area contributed by atoms with E-state index in [1.54, 1.807) is 6.07 Å². The van der Waals surface area contributed by atoms with Gasteiger partial charge in [0.05, 0.1) is 10.6 Å². The first-order valence-electron chi connectivity index (χ1n) is 8.07. The molecule has 0 unspecified atom stereocenters. The number of aromatic nitrogens is 1. The normalized spacial score (nSPS) is 12.5. The van der Waals surface area contributed by atoms with Gasteiger partial charge in [0, 0.05) is 18.9 Å². The van der Waals surface area contributed by atoms with E-state index in [4.69, 9.17) is 16.9 Å². The van der Waals surface area contributed by atoms with Crippen molar-refractivity contribution in [3.05, 3.63) is 46.5 Å². The number of nitrogens with one attached hydrogen (secondary N) is 2. The van der Waals surface area contributed by atoms with Gasteiger partial charge in [-0.15, -0.1) is 0 Å². The van der Waals surface area contributed by atoms with E-state index in [2.05, 4.69) is 5.32 Å². The van der Waals surface area contributed by atoms with E-state index in [1.807, 2.05) is 0 Å². The quantitative estimate of drug-likeness (QED) is 0.657. The Hall–Kier alpha value is -2.62. The molecular formula is C17H15ClF4N4O3S. The number of halogens is 5. The number of sulfonamides is 1. The second-order valence-corrected chi connectivity index (χ2v) is 8.78. The Bertz CT molecular complexity index is 1150. The van der Waals surface area contributed by atoms with Crippen LogP contribution in [0.3, 0.4) is 0 Å². The Balaban J connectivity index is 2.40. The number of nitriles is 1. The fraction of sp³-hybridized carbons (Fsp3) is 0.294. The number of nitrogens with zero attached hydrogens (tertiary/aromatic N) is 2. The lowest BCUT2D eigenvalue weighted by molar-refractivity contribution is -0.180. The topological polar surface area (TPSA) is 104 Å². The Morgan fingerprint density at radius 2 is 1.87 bits per heavy atom. The molecule has 0 saturated heterocycles. The number of aryl methyl sites for hydroxylation is 1. The maximum absolute atomic E-state index is 13.4. The summed E-state index contributed by atoms with van der Waals surface area (Å²) in [5.74, 6) is -1.73. The molecule has 0 saturated carbocycles. The van der Waals surface area contributed by atoms with Crippen LogP contribution in [0.25, 0.3) is 0 Å². The zero-order chi connectivity index (χ0) is 23.1. The third-order valence-electron chi connectivity index (χ3n) is 4.04. The fourth-order valence-corrected chi connectivity index (χ4v) is 4.44. The Morgan fingerprint density at radius 1 is 1.27 bits per heavy atom. The van der Waals surface area contributed by atoms with Crippen LogP contribution in [0.5, 0.6) is 0 Å². The standard InChI is InChI=1S/C17H15ClF4N4O3S/c1-16(2,17(20,21)22)25-30(28,29)12-8-26(3)14(13(12)18)15(27)24-10-4-5-11(19)9(6-10)7-23/h4-6,8,25H,1-3H3,(H,24,27). The third kappa shape index (κ3) is 4.58. The highest BCUT2D eigenvalue weighted by Crippen LogP contribution is 2.33. The van der Waals surface area contributed by atoms with Gasteiger partial charge in [-0.3, -0.25) is 4.79 Å². The highest BCUT2D eigenvalue weighted by molar-refractivity contribution is 7.89. The lowest BCUT2D eigenvalue weighted by Crippen LogP contribution is -2.54. The summed E-state index contributed by atoms with van der Waals surface area (Å²) in [6, 6.07) is 4.75. The summed E-state index contributed by atoms with van der Waals surface area (Å²) in [5, 5.41) is 10.6. The number of anilines is 1. The summed E-state index contributed by atoms with van der Waals surface area (Å²) in [6.45, 7) is 1.27. The van der Waals surface area contributed by atoms with E-state index < -0.39 is 43.4 Å². The van der Waals surface area contributed by atoms with Gasteiger partial charge in [0.1, 0.15) is 28.0 Å². The number of hydrogen-bond donors (Lipinski definition) is 2. The number of carbonyl (C=O) groups excluding carboxylic acids is 1. The molecule has 2 N–H and O–H groups in total. The first-order valence-corrected chi connectivity index (χ1v) is 9.93. The van der Waals surface area contributed by atoms with Crippen molar-refractivity contribution in [3.8, 4) is 6.07 Å². The molecule has 0 aliphatic heterocycles. The van der Waals surface area contributed by atoms with Crippen molar-refractivity contribution in [1.29, 1.82) is 5.26 Å². The van der Waals surface area contributed by atoms with Gasteiger partial charge in [-0.05, 0) is 32.0 Å². The van der Waals surface area contributed by atoms with Crippen molar-refractivity contribution >= 4 is 33.2 Å². The minimum atomic E-state index is -4.89. The van der Waals surface area contributed by atoms with Gasteiger partial charge in [0.25, 0.3) is 5.91 Å².